The minimum absolute atomic E-state index is 0.0959. The van der Waals surface area contributed by atoms with E-state index in [2.05, 4.69) is 44.8 Å². The highest BCUT2D eigenvalue weighted by molar-refractivity contribution is 5.89. The highest BCUT2D eigenvalue weighted by atomic mass is 16.2. The normalized spacial score (nSPS) is 16.9. The molecule has 1 atom stereocenters. The lowest BCUT2D eigenvalue weighted by Gasteiger charge is -2.35. The zero-order valence-corrected chi connectivity index (χ0v) is 17.7. The molecule has 7 nitrogen and oxygen atoms in total. The van der Waals surface area contributed by atoms with Crippen LogP contribution in [0.1, 0.15) is 17.7 Å². The largest absolute Gasteiger partial charge is 0.353 e. The van der Waals surface area contributed by atoms with Gasteiger partial charge in [0.25, 0.3) is 0 Å². The van der Waals surface area contributed by atoms with E-state index in [1.54, 1.807) is 6.20 Å². The molecule has 7 heteroatoms. The summed E-state index contributed by atoms with van der Waals surface area (Å²) in [6.45, 7) is 2.28. The third-order valence-corrected chi connectivity index (χ3v) is 6.03. The molecular weight excluding hydrogens is 402 g/mol. The van der Waals surface area contributed by atoms with Crippen LogP contribution in [0, 0.1) is 0 Å². The van der Waals surface area contributed by atoms with Crippen LogP contribution in [0.4, 0.5) is 0 Å². The Balaban J connectivity index is 1.28. The number of piperazine rings is 1. The van der Waals surface area contributed by atoms with Gasteiger partial charge in [-0.1, -0.05) is 48.5 Å². The molecule has 0 radical (unpaired) electrons. The molecule has 3 heterocycles. The van der Waals surface area contributed by atoms with Crippen molar-refractivity contribution in [2.75, 3.05) is 13.1 Å². The molecule has 0 saturated carbocycles. The molecule has 1 fully saturated rings. The molecule has 1 aliphatic heterocycles. The Kier molecular flexibility index (Phi) is 5.56. The van der Waals surface area contributed by atoms with E-state index in [1.165, 1.54) is 10.8 Å². The smallest absolute Gasteiger partial charge is 0.237 e. The molecule has 5 rings (SSSR count). The number of rotatable bonds is 6. The monoisotopic (exact) mass is 427 g/mol. The van der Waals surface area contributed by atoms with E-state index in [9.17, 15) is 9.59 Å². The molecule has 0 aliphatic carbocycles. The summed E-state index contributed by atoms with van der Waals surface area (Å²) in [5.41, 5.74) is 2.90. The molecule has 4 aromatic rings. The summed E-state index contributed by atoms with van der Waals surface area (Å²) in [5.74, 6) is -0.248. The summed E-state index contributed by atoms with van der Waals surface area (Å²) >= 11 is 0. The molecule has 1 saturated heterocycles. The van der Waals surface area contributed by atoms with E-state index >= 15 is 0 Å². The van der Waals surface area contributed by atoms with Gasteiger partial charge < -0.3 is 15.0 Å². The first-order valence-corrected chi connectivity index (χ1v) is 10.8. The van der Waals surface area contributed by atoms with E-state index in [4.69, 9.17) is 0 Å². The minimum atomic E-state index is -0.495. The van der Waals surface area contributed by atoms with Crippen molar-refractivity contribution in [3.63, 3.8) is 0 Å². The Morgan fingerprint density at radius 1 is 1.09 bits per heavy atom. The number of fused-ring (bicyclic) bond motifs is 2. The van der Waals surface area contributed by atoms with Crippen molar-refractivity contribution >= 4 is 28.2 Å². The van der Waals surface area contributed by atoms with Gasteiger partial charge in [-0.15, -0.1) is 0 Å². The Morgan fingerprint density at radius 3 is 2.88 bits per heavy atom. The van der Waals surface area contributed by atoms with Crippen molar-refractivity contribution in [2.24, 2.45) is 0 Å². The van der Waals surface area contributed by atoms with Crippen LogP contribution in [-0.4, -0.2) is 45.2 Å². The Morgan fingerprint density at radius 2 is 1.94 bits per heavy atom. The van der Waals surface area contributed by atoms with Gasteiger partial charge in [-0.2, -0.15) is 0 Å². The van der Waals surface area contributed by atoms with Crippen LogP contribution in [-0.2, 0) is 22.7 Å². The van der Waals surface area contributed by atoms with E-state index in [1.807, 2.05) is 47.0 Å². The number of carbonyl (C=O) groups is 2. The minimum Gasteiger partial charge on any atom is -0.353 e. The van der Waals surface area contributed by atoms with Crippen LogP contribution < -0.4 is 10.6 Å². The van der Waals surface area contributed by atoms with Gasteiger partial charge in [0.15, 0.2) is 0 Å². The zero-order chi connectivity index (χ0) is 21.9. The van der Waals surface area contributed by atoms with Crippen LogP contribution in [0.3, 0.4) is 0 Å². The maximum atomic E-state index is 12.8. The summed E-state index contributed by atoms with van der Waals surface area (Å²) in [7, 11) is 0. The zero-order valence-electron chi connectivity index (χ0n) is 17.7. The number of benzene rings is 2. The summed E-state index contributed by atoms with van der Waals surface area (Å²) in [6, 6.07) is 19.8. The summed E-state index contributed by atoms with van der Waals surface area (Å²) in [5, 5.41) is 8.21. The first-order chi connectivity index (χ1) is 15.7. The first kappa shape index (κ1) is 20.2. The summed E-state index contributed by atoms with van der Waals surface area (Å²) < 4.78 is 1.94. The fourth-order valence-corrected chi connectivity index (χ4v) is 4.38. The van der Waals surface area contributed by atoms with Gasteiger partial charge in [0.05, 0.1) is 30.9 Å². The van der Waals surface area contributed by atoms with E-state index < -0.39 is 6.04 Å². The van der Waals surface area contributed by atoms with Crippen molar-refractivity contribution in [3.8, 4) is 0 Å². The molecule has 162 valence electrons. The van der Waals surface area contributed by atoms with Crippen molar-refractivity contribution < 1.29 is 9.59 Å². The molecule has 2 aromatic heterocycles. The number of hydrogen-bond donors (Lipinski definition) is 2. The van der Waals surface area contributed by atoms with Crippen molar-refractivity contribution in [3.05, 3.63) is 84.3 Å². The fraction of sp³-hybridized carbons (Fsp3) is 0.240. The lowest BCUT2D eigenvalue weighted by molar-refractivity contribution is -0.134. The number of nitrogens with one attached hydrogen (secondary N) is 2. The molecule has 2 amide bonds. The second-order valence-electron chi connectivity index (χ2n) is 8.07. The van der Waals surface area contributed by atoms with Gasteiger partial charge in [0, 0.05) is 25.8 Å². The van der Waals surface area contributed by atoms with Gasteiger partial charge in [-0.3, -0.25) is 14.5 Å². The average Bonchev–Trinajstić information content (AvgIpc) is 3.23. The highest BCUT2D eigenvalue weighted by Gasteiger charge is 2.31. The molecule has 32 heavy (non-hydrogen) atoms. The summed E-state index contributed by atoms with van der Waals surface area (Å²) in [6.07, 6.45) is 3.80. The molecule has 0 spiro atoms. The van der Waals surface area contributed by atoms with E-state index in [0.29, 0.717) is 26.2 Å². The maximum absolute atomic E-state index is 12.8. The van der Waals surface area contributed by atoms with Gasteiger partial charge in [0.1, 0.15) is 5.65 Å². The molecular formula is C25H25N5O2. The number of imidazole rings is 1. The third kappa shape index (κ3) is 4.07. The van der Waals surface area contributed by atoms with Crippen LogP contribution in [0.25, 0.3) is 16.4 Å². The number of aromatic nitrogens is 2. The SMILES string of the molecule is O=C(C[C@H]1C(=O)NCCN1Cc1cccc2ccccc12)NCc1cnc2ccccn12. The molecule has 2 N–H and O–H groups in total. The lowest BCUT2D eigenvalue weighted by atomic mass is 10.0. The standard InChI is InChI=1S/C25H25N5O2/c31-24(28-16-20-15-27-23-10-3-4-12-30(20)23)14-22-25(32)26-11-13-29(22)17-19-8-5-7-18-6-1-2-9-21(18)19/h1-10,12,15,22H,11,13-14,16-17H2,(H,26,32)(H,28,31)/t22-/m0/s1. The molecule has 2 aromatic carbocycles. The number of nitrogens with zero attached hydrogens (tertiary/aromatic N) is 3. The molecule has 0 bridgehead atoms. The topological polar surface area (TPSA) is 78.7 Å². The van der Waals surface area contributed by atoms with Crippen LogP contribution >= 0.6 is 0 Å². The van der Waals surface area contributed by atoms with Crippen LogP contribution in [0.5, 0.6) is 0 Å². The lowest BCUT2D eigenvalue weighted by Crippen LogP contribution is -2.56. The average molecular weight is 428 g/mol. The Hall–Kier alpha value is -3.71. The van der Waals surface area contributed by atoms with E-state index in [0.717, 1.165) is 16.9 Å². The van der Waals surface area contributed by atoms with Gasteiger partial charge in [-0.25, -0.2) is 4.98 Å². The Bertz CT molecular complexity index is 1280. The van der Waals surface area contributed by atoms with Crippen molar-refractivity contribution in [1.82, 2.24) is 24.9 Å². The predicted molar refractivity (Wildman–Crippen MR) is 123 cm³/mol. The van der Waals surface area contributed by atoms with Gasteiger partial charge >= 0.3 is 0 Å². The molecule has 0 unspecified atom stereocenters. The van der Waals surface area contributed by atoms with Crippen LogP contribution in [0.15, 0.2) is 73.1 Å². The quantitative estimate of drug-likeness (QED) is 0.496. The number of hydrogen-bond acceptors (Lipinski definition) is 4. The molecule has 1 aliphatic rings. The predicted octanol–water partition coefficient (Wildman–Crippen LogP) is 2.49. The number of amides is 2. The van der Waals surface area contributed by atoms with E-state index in [-0.39, 0.29) is 18.2 Å². The number of pyridine rings is 1. The second kappa shape index (κ2) is 8.80. The van der Waals surface area contributed by atoms with Crippen molar-refractivity contribution in [2.45, 2.75) is 25.6 Å². The third-order valence-electron chi connectivity index (χ3n) is 6.03. The second-order valence-corrected chi connectivity index (χ2v) is 8.07. The van der Waals surface area contributed by atoms with Crippen LogP contribution in [0.2, 0.25) is 0 Å². The summed E-state index contributed by atoms with van der Waals surface area (Å²) in [4.78, 5) is 31.9. The Labute approximate surface area is 186 Å². The number of carbonyl (C=O) groups excluding carboxylic acids is 2. The van der Waals surface area contributed by atoms with Gasteiger partial charge in [-0.05, 0) is 28.5 Å². The van der Waals surface area contributed by atoms with Crippen molar-refractivity contribution in [1.29, 1.82) is 0 Å². The van der Waals surface area contributed by atoms with Gasteiger partial charge in [0.2, 0.25) is 11.8 Å². The highest BCUT2D eigenvalue weighted by Crippen LogP contribution is 2.22. The maximum Gasteiger partial charge on any atom is 0.237 e. The fourth-order valence-electron chi connectivity index (χ4n) is 4.38. The first-order valence-electron chi connectivity index (χ1n) is 10.8.